The van der Waals surface area contributed by atoms with Gasteiger partial charge in [0, 0.05) is 12.0 Å². The van der Waals surface area contributed by atoms with Crippen LogP contribution in [0.25, 0.3) is 5.69 Å². The second kappa shape index (κ2) is 8.60. The number of amides is 1. The van der Waals surface area contributed by atoms with Crippen molar-refractivity contribution in [1.82, 2.24) is 20.3 Å². The summed E-state index contributed by atoms with van der Waals surface area (Å²) in [7, 11) is 0. The molecule has 1 amide bonds. The van der Waals surface area contributed by atoms with E-state index in [0.29, 0.717) is 18.6 Å². The molecule has 0 radical (unpaired) electrons. The van der Waals surface area contributed by atoms with Gasteiger partial charge in [-0.05, 0) is 37.1 Å². The lowest BCUT2D eigenvalue weighted by atomic mass is 10.1. The van der Waals surface area contributed by atoms with Crippen molar-refractivity contribution < 1.29 is 14.3 Å². The van der Waals surface area contributed by atoms with Crippen molar-refractivity contribution in [3.05, 3.63) is 41.7 Å². The third-order valence-corrected chi connectivity index (χ3v) is 4.46. The summed E-state index contributed by atoms with van der Waals surface area (Å²) in [6.45, 7) is 2.55. The van der Waals surface area contributed by atoms with E-state index in [2.05, 4.69) is 22.6 Å². The molecule has 138 valence electrons. The topological polar surface area (TPSA) is 86.1 Å². The maximum atomic E-state index is 12.2. The molecule has 1 aromatic carbocycles. The highest BCUT2D eigenvalue weighted by molar-refractivity contribution is 5.97. The van der Waals surface area contributed by atoms with Crippen molar-refractivity contribution in [2.75, 3.05) is 6.61 Å². The van der Waals surface area contributed by atoms with E-state index in [-0.39, 0.29) is 11.9 Å². The Morgan fingerprint density at radius 3 is 2.77 bits per heavy atom. The molecule has 26 heavy (non-hydrogen) atoms. The van der Waals surface area contributed by atoms with Crippen LogP contribution in [0.1, 0.15) is 55.1 Å². The number of nitrogens with zero attached hydrogens (tertiary/aromatic N) is 3. The van der Waals surface area contributed by atoms with E-state index in [4.69, 9.17) is 4.74 Å². The molecule has 1 aliphatic rings. The van der Waals surface area contributed by atoms with Gasteiger partial charge in [0.15, 0.2) is 0 Å². The van der Waals surface area contributed by atoms with E-state index in [1.165, 1.54) is 19.3 Å². The van der Waals surface area contributed by atoms with Crippen molar-refractivity contribution in [2.45, 2.75) is 51.5 Å². The minimum absolute atomic E-state index is 0.282. The minimum Gasteiger partial charge on any atom is -0.464 e. The summed E-state index contributed by atoms with van der Waals surface area (Å²) >= 11 is 0. The van der Waals surface area contributed by atoms with E-state index >= 15 is 0 Å². The molecule has 0 saturated carbocycles. The van der Waals surface area contributed by atoms with Crippen LogP contribution in [0.15, 0.2) is 30.5 Å². The van der Waals surface area contributed by atoms with Crippen LogP contribution < -0.4 is 5.32 Å². The molecule has 7 nitrogen and oxygen atoms in total. The van der Waals surface area contributed by atoms with Crippen LogP contribution >= 0.6 is 0 Å². The highest BCUT2D eigenvalue weighted by Crippen LogP contribution is 2.12. The summed E-state index contributed by atoms with van der Waals surface area (Å²) in [4.78, 5) is 23.7. The number of esters is 1. The second-order valence-corrected chi connectivity index (χ2v) is 6.49. The molecule has 1 aromatic heterocycles. The number of hydrogen-bond acceptors (Lipinski definition) is 5. The summed E-state index contributed by atoms with van der Waals surface area (Å²) in [5.41, 5.74) is 2.31. The number of ether oxygens (including phenoxy) is 1. The van der Waals surface area contributed by atoms with Crippen molar-refractivity contribution in [2.24, 2.45) is 0 Å². The number of carbonyl (C=O) groups is 2. The van der Waals surface area contributed by atoms with E-state index in [1.54, 1.807) is 16.8 Å². The number of aryl methyl sites for hydroxylation is 1. The Morgan fingerprint density at radius 2 is 2.08 bits per heavy atom. The predicted molar refractivity (Wildman–Crippen MR) is 96.0 cm³/mol. The first kappa shape index (κ1) is 18.1. The Hall–Kier alpha value is -2.70. The Bertz CT molecular complexity index is 754. The predicted octanol–water partition coefficient (Wildman–Crippen LogP) is 2.44. The first-order valence-electron chi connectivity index (χ1n) is 9.16. The van der Waals surface area contributed by atoms with Gasteiger partial charge in [-0.2, -0.15) is 0 Å². The summed E-state index contributed by atoms with van der Waals surface area (Å²) in [5, 5.41) is 11.1. The van der Waals surface area contributed by atoms with Gasteiger partial charge in [0.1, 0.15) is 6.04 Å². The molecule has 1 fully saturated rings. The van der Waals surface area contributed by atoms with Crippen LogP contribution in [-0.2, 0) is 16.0 Å². The molecule has 7 heteroatoms. The number of cyclic esters (lactones) is 1. The maximum absolute atomic E-state index is 12.2. The van der Waals surface area contributed by atoms with Crippen LogP contribution in [-0.4, -0.2) is 39.5 Å². The fourth-order valence-electron chi connectivity index (χ4n) is 2.91. The van der Waals surface area contributed by atoms with E-state index in [1.807, 2.05) is 18.3 Å². The zero-order valence-electron chi connectivity index (χ0n) is 15.0. The molecular formula is C19H24N4O3. The third kappa shape index (κ3) is 4.47. The van der Waals surface area contributed by atoms with E-state index in [9.17, 15) is 9.59 Å². The van der Waals surface area contributed by atoms with E-state index in [0.717, 1.165) is 24.2 Å². The van der Waals surface area contributed by atoms with Crippen molar-refractivity contribution in [1.29, 1.82) is 0 Å². The van der Waals surface area contributed by atoms with Gasteiger partial charge < -0.3 is 10.1 Å². The van der Waals surface area contributed by atoms with Crippen molar-refractivity contribution >= 4 is 11.9 Å². The number of rotatable bonds is 8. The average molecular weight is 356 g/mol. The Kier molecular flexibility index (Phi) is 5.99. The lowest BCUT2D eigenvalue weighted by molar-refractivity contribution is -0.139. The monoisotopic (exact) mass is 356 g/mol. The number of carbonyl (C=O) groups excluding carboxylic acids is 2. The third-order valence-electron chi connectivity index (χ3n) is 4.46. The lowest BCUT2D eigenvalue weighted by Crippen LogP contribution is -2.37. The summed E-state index contributed by atoms with van der Waals surface area (Å²) in [5.74, 6) is -0.653. The van der Waals surface area contributed by atoms with Crippen molar-refractivity contribution in [3.8, 4) is 5.69 Å². The van der Waals surface area contributed by atoms with Gasteiger partial charge >= 0.3 is 5.97 Å². The first-order chi connectivity index (χ1) is 12.7. The molecular weight excluding hydrogens is 332 g/mol. The van der Waals surface area contributed by atoms with E-state index < -0.39 is 6.04 Å². The lowest BCUT2D eigenvalue weighted by Gasteiger charge is -2.09. The number of benzene rings is 1. The van der Waals surface area contributed by atoms with Gasteiger partial charge in [0.05, 0.1) is 24.2 Å². The maximum Gasteiger partial charge on any atom is 0.328 e. The minimum atomic E-state index is -0.548. The van der Waals surface area contributed by atoms with Crippen molar-refractivity contribution in [3.63, 3.8) is 0 Å². The van der Waals surface area contributed by atoms with Gasteiger partial charge in [-0.1, -0.05) is 31.4 Å². The van der Waals surface area contributed by atoms with Gasteiger partial charge in [0.2, 0.25) is 0 Å². The Balaban J connectivity index is 1.58. The van der Waals surface area contributed by atoms with Crippen LogP contribution in [0.4, 0.5) is 0 Å². The zero-order chi connectivity index (χ0) is 18.4. The molecule has 1 saturated heterocycles. The van der Waals surface area contributed by atoms with Gasteiger partial charge in [-0.3, -0.25) is 4.79 Å². The second-order valence-electron chi connectivity index (χ2n) is 6.49. The molecule has 2 aromatic rings. The van der Waals surface area contributed by atoms with Crippen LogP contribution in [0.3, 0.4) is 0 Å². The molecule has 0 unspecified atom stereocenters. The molecule has 1 aliphatic heterocycles. The van der Waals surface area contributed by atoms with Gasteiger partial charge in [-0.25, -0.2) is 9.48 Å². The molecule has 1 N–H and O–H groups in total. The highest BCUT2D eigenvalue weighted by atomic mass is 16.5. The summed E-state index contributed by atoms with van der Waals surface area (Å²) < 4.78 is 6.56. The number of aromatic nitrogens is 3. The summed E-state index contributed by atoms with van der Waals surface area (Å²) in [6, 6.07) is 6.52. The average Bonchev–Trinajstić information content (AvgIpc) is 3.28. The fourth-order valence-corrected chi connectivity index (χ4v) is 2.91. The summed E-state index contributed by atoms with van der Waals surface area (Å²) in [6.07, 6.45) is 8.16. The van der Waals surface area contributed by atoms with Crippen LogP contribution in [0, 0.1) is 0 Å². The molecule has 0 aliphatic carbocycles. The van der Waals surface area contributed by atoms with Gasteiger partial charge in [0.25, 0.3) is 5.91 Å². The number of hydrogen-bond donors (Lipinski definition) is 1. The molecule has 0 spiro atoms. The SMILES string of the molecule is CCCCCCc1cn(-c2ccc(C(=O)N[C@H]3CCOC3=O)cc2)nn1. The normalized spacial score (nSPS) is 16.5. The molecule has 1 atom stereocenters. The number of unbranched alkanes of at least 4 members (excludes halogenated alkanes) is 3. The molecule has 0 bridgehead atoms. The smallest absolute Gasteiger partial charge is 0.328 e. The van der Waals surface area contributed by atoms with Crippen LogP contribution in [0.2, 0.25) is 0 Å². The quantitative estimate of drug-likeness (QED) is 0.580. The standard InChI is InChI=1S/C19H24N4O3/c1-2-3-4-5-6-15-13-23(22-21-15)16-9-7-14(8-10-16)18(24)20-17-11-12-26-19(17)25/h7-10,13,17H,2-6,11-12H2,1H3,(H,20,24)/t17-/m0/s1. The zero-order valence-corrected chi connectivity index (χ0v) is 15.0. The molecule has 3 rings (SSSR count). The first-order valence-corrected chi connectivity index (χ1v) is 9.16. The largest absolute Gasteiger partial charge is 0.464 e. The Morgan fingerprint density at radius 1 is 1.27 bits per heavy atom. The number of nitrogens with one attached hydrogen (secondary N) is 1. The van der Waals surface area contributed by atoms with Crippen LogP contribution in [0.5, 0.6) is 0 Å². The highest BCUT2D eigenvalue weighted by Gasteiger charge is 2.28. The Labute approximate surface area is 152 Å². The van der Waals surface area contributed by atoms with Gasteiger partial charge in [-0.15, -0.1) is 5.10 Å². The molecule has 2 heterocycles. The fraction of sp³-hybridized carbons (Fsp3) is 0.474.